The number of nitrogens with two attached hydrogens (primary N) is 1. The zero-order chi connectivity index (χ0) is 6.41. The van der Waals surface area contributed by atoms with Crippen molar-refractivity contribution in [1.82, 2.24) is 0 Å². The predicted octanol–water partition coefficient (Wildman–Crippen LogP) is 0.936. The Morgan fingerprint density at radius 1 is 1.88 bits per heavy atom. The molecule has 46 valence electrons. The van der Waals surface area contributed by atoms with E-state index in [-0.39, 0.29) is 0 Å². The highest BCUT2D eigenvalue weighted by Gasteiger charge is 1.79. The van der Waals surface area contributed by atoms with Gasteiger partial charge in [0.2, 0.25) is 0 Å². The Morgan fingerprint density at radius 2 is 2.50 bits per heavy atom. The normalized spacial score (nSPS) is 10.1. The molecular formula is C5H10N2O. The maximum absolute atomic E-state index is 9.90. The van der Waals surface area contributed by atoms with Crippen molar-refractivity contribution in [3.63, 3.8) is 0 Å². The lowest BCUT2D eigenvalue weighted by atomic mass is 10.4. The lowest BCUT2D eigenvalue weighted by Crippen LogP contribution is -2.03. The largest absolute Gasteiger partial charge is 0.350 e. The molecule has 2 N–H and O–H groups in total. The van der Waals surface area contributed by atoms with E-state index >= 15 is 0 Å². The fraction of sp³-hybridized carbons (Fsp3) is 0.600. The van der Waals surface area contributed by atoms with Gasteiger partial charge in [0.1, 0.15) is 0 Å². The van der Waals surface area contributed by atoms with Crippen LogP contribution in [0.25, 0.3) is 0 Å². The number of hydrogen-bond acceptors (Lipinski definition) is 1. The van der Waals surface area contributed by atoms with Crippen molar-refractivity contribution >= 4 is 12.2 Å². The minimum absolute atomic E-state index is 0.613. The van der Waals surface area contributed by atoms with Crippen LogP contribution in [0.2, 0.25) is 0 Å². The molecule has 0 spiro atoms. The zero-order valence-corrected chi connectivity index (χ0v) is 4.92. The first-order chi connectivity index (χ1) is 3.77. The molecule has 0 unspecified atom stereocenters. The molecule has 8 heavy (non-hydrogen) atoms. The van der Waals surface area contributed by atoms with Crippen LogP contribution >= 0.6 is 0 Å². The fourth-order valence-corrected chi connectivity index (χ4v) is 0.284. The molecule has 0 radical (unpaired) electrons. The quantitative estimate of drug-likeness (QED) is 0.533. The number of primary amides is 1. The fourth-order valence-electron chi connectivity index (χ4n) is 0.284. The Kier molecular flexibility index (Phi) is 3.84. The molecule has 0 aliphatic rings. The zero-order valence-electron chi connectivity index (χ0n) is 4.92. The molecule has 3 nitrogen and oxygen atoms in total. The first-order valence-electron chi connectivity index (χ1n) is 2.59. The molecule has 0 rings (SSSR count). The Morgan fingerprint density at radius 3 is 2.88 bits per heavy atom. The van der Waals surface area contributed by atoms with Crippen LogP contribution < -0.4 is 5.73 Å². The van der Waals surface area contributed by atoms with Crippen LogP contribution in [0.15, 0.2) is 4.99 Å². The van der Waals surface area contributed by atoms with Crippen LogP contribution in [0.1, 0.15) is 19.8 Å². The smallest absolute Gasteiger partial charge is 0.337 e. The summed E-state index contributed by atoms with van der Waals surface area (Å²) in [7, 11) is 0. The van der Waals surface area contributed by atoms with Crippen molar-refractivity contribution in [3.05, 3.63) is 0 Å². The second kappa shape index (κ2) is 4.30. The molecule has 0 aliphatic heterocycles. The summed E-state index contributed by atoms with van der Waals surface area (Å²) in [5, 5.41) is 0. The van der Waals surface area contributed by atoms with Crippen LogP contribution in [-0.2, 0) is 0 Å². The number of amides is 2. The Hall–Kier alpha value is -0.860. The summed E-state index contributed by atoms with van der Waals surface area (Å²) in [5.74, 6) is 0. The van der Waals surface area contributed by atoms with E-state index in [0.29, 0.717) is 0 Å². The summed E-state index contributed by atoms with van der Waals surface area (Å²) in [6.07, 6.45) is 3.35. The highest BCUT2D eigenvalue weighted by molar-refractivity contribution is 5.81. The van der Waals surface area contributed by atoms with E-state index in [0.717, 1.165) is 12.8 Å². The van der Waals surface area contributed by atoms with Crippen LogP contribution in [0.4, 0.5) is 4.79 Å². The molecule has 0 heterocycles. The summed E-state index contributed by atoms with van der Waals surface area (Å²) in [6.45, 7) is 2.01. The summed E-state index contributed by atoms with van der Waals surface area (Å²) < 4.78 is 0. The third kappa shape index (κ3) is 5.14. The molecule has 0 atom stereocenters. The van der Waals surface area contributed by atoms with Crippen molar-refractivity contribution in [3.8, 4) is 0 Å². The molecule has 0 aromatic heterocycles. The molecule has 0 saturated carbocycles. The summed E-state index contributed by atoms with van der Waals surface area (Å²) in [4.78, 5) is 13.2. The van der Waals surface area contributed by atoms with Gasteiger partial charge >= 0.3 is 6.03 Å². The van der Waals surface area contributed by atoms with E-state index in [1.807, 2.05) is 6.92 Å². The average molecular weight is 114 g/mol. The maximum atomic E-state index is 9.90. The number of carbonyl (C=O) groups excluding carboxylic acids is 1. The standard InChI is InChI=1S/C5H10N2O/c1-2-3-4-7-5(6)8/h4H,2-3H2,1H3,(H2,6,8)/b7-4+. The van der Waals surface area contributed by atoms with Gasteiger partial charge in [0.25, 0.3) is 0 Å². The molecule has 0 aliphatic carbocycles. The van der Waals surface area contributed by atoms with Gasteiger partial charge in [-0.05, 0) is 6.42 Å². The third-order valence-corrected chi connectivity index (χ3v) is 0.636. The highest BCUT2D eigenvalue weighted by Crippen LogP contribution is 1.79. The minimum atomic E-state index is -0.613. The number of hydrogen-bond donors (Lipinski definition) is 1. The second-order valence-corrected chi connectivity index (χ2v) is 1.44. The number of rotatable bonds is 2. The SMILES string of the molecule is CCC/C=N/C(N)=O. The Labute approximate surface area is 48.6 Å². The molecule has 0 fully saturated rings. The van der Waals surface area contributed by atoms with Gasteiger partial charge in [-0.1, -0.05) is 13.3 Å². The number of urea groups is 1. The number of carbonyl (C=O) groups is 1. The van der Waals surface area contributed by atoms with E-state index in [1.165, 1.54) is 6.21 Å². The van der Waals surface area contributed by atoms with Gasteiger partial charge in [-0.25, -0.2) is 9.79 Å². The van der Waals surface area contributed by atoms with E-state index in [2.05, 4.69) is 4.99 Å². The van der Waals surface area contributed by atoms with Crippen molar-refractivity contribution in [2.24, 2.45) is 10.7 Å². The Balaban J connectivity index is 3.20. The van der Waals surface area contributed by atoms with Gasteiger partial charge < -0.3 is 5.73 Å². The highest BCUT2D eigenvalue weighted by atomic mass is 16.2. The molecule has 0 aromatic rings. The average Bonchev–Trinajstić information content (AvgIpc) is 1.66. The van der Waals surface area contributed by atoms with Crippen molar-refractivity contribution < 1.29 is 4.79 Å². The Bertz CT molecular complexity index is 98.6. The first kappa shape index (κ1) is 7.14. The number of nitrogens with zero attached hydrogens (tertiary/aromatic N) is 1. The predicted molar refractivity (Wildman–Crippen MR) is 33.0 cm³/mol. The lowest BCUT2D eigenvalue weighted by molar-refractivity contribution is 0.257. The van der Waals surface area contributed by atoms with E-state index in [9.17, 15) is 4.79 Å². The molecule has 3 heteroatoms. The van der Waals surface area contributed by atoms with E-state index in [4.69, 9.17) is 5.73 Å². The number of aliphatic imine (C=N–C) groups is 1. The van der Waals surface area contributed by atoms with Crippen LogP contribution in [0.3, 0.4) is 0 Å². The van der Waals surface area contributed by atoms with E-state index < -0.39 is 6.03 Å². The summed E-state index contributed by atoms with van der Waals surface area (Å²) >= 11 is 0. The van der Waals surface area contributed by atoms with Crippen LogP contribution in [0.5, 0.6) is 0 Å². The monoisotopic (exact) mass is 114 g/mol. The van der Waals surface area contributed by atoms with Gasteiger partial charge in [0.05, 0.1) is 0 Å². The van der Waals surface area contributed by atoms with Gasteiger partial charge in [-0.3, -0.25) is 0 Å². The minimum Gasteiger partial charge on any atom is -0.350 e. The summed E-state index contributed by atoms with van der Waals surface area (Å²) in [6, 6.07) is -0.613. The summed E-state index contributed by atoms with van der Waals surface area (Å²) in [5.41, 5.74) is 4.70. The van der Waals surface area contributed by atoms with Gasteiger partial charge in [0.15, 0.2) is 0 Å². The van der Waals surface area contributed by atoms with Crippen LogP contribution in [0, 0.1) is 0 Å². The molecule has 2 amide bonds. The second-order valence-electron chi connectivity index (χ2n) is 1.44. The van der Waals surface area contributed by atoms with Crippen molar-refractivity contribution in [1.29, 1.82) is 0 Å². The van der Waals surface area contributed by atoms with Crippen LogP contribution in [-0.4, -0.2) is 12.2 Å². The maximum Gasteiger partial charge on any atom is 0.337 e. The third-order valence-electron chi connectivity index (χ3n) is 0.636. The molecular weight excluding hydrogens is 104 g/mol. The van der Waals surface area contributed by atoms with Gasteiger partial charge in [-0.15, -0.1) is 0 Å². The topological polar surface area (TPSA) is 55.4 Å². The molecule has 0 saturated heterocycles. The van der Waals surface area contributed by atoms with Gasteiger partial charge in [0, 0.05) is 6.21 Å². The van der Waals surface area contributed by atoms with Gasteiger partial charge in [-0.2, -0.15) is 0 Å². The van der Waals surface area contributed by atoms with Crippen molar-refractivity contribution in [2.45, 2.75) is 19.8 Å². The van der Waals surface area contributed by atoms with E-state index in [1.54, 1.807) is 0 Å². The molecule has 0 bridgehead atoms. The van der Waals surface area contributed by atoms with Crippen molar-refractivity contribution in [2.75, 3.05) is 0 Å². The number of unbranched alkanes of at least 4 members (excludes halogenated alkanes) is 1. The molecule has 0 aromatic carbocycles. The lowest BCUT2D eigenvalue weighted by Gasteiger charge is -1.79. The first-order valence-corrected chi connectivity index (χ1v) is 2.59.